The van der Waals surface area contributed by atoms with Crippen LogP contribution in [0.5, 0.6) is 0 Å². The van der Waals surface area contributed by atoms with Crippen molar-refractivity contribution in [3.63, 3.8) is 0 Å². The van der Waals surface area contributed by atoms with Gasteiger partial charge in [0.2, 0.25) is 6.08 Å². The van der Waals surface area contributed by atoms with E-state index < -0.39 is 0 Å². The molecule has 0 spiro atoms. The molecule has 1 heterocycles. The third-order valence-corrected chi connectivity index (χ3v) is 1.66. The summed E-state index contributed by atoms with van der Waals surface area (Å²) in [5, 5.41) is 8.14. The summed E-state index contributed by atoms with van der Waals surface area (Å²) < 4.78 is 0. The van der Waals surface area contributed by atoms with Crippen molar-refractivity contribution in [3.8, 4) is 0 Å². The molecular weight excluding hydrogens is 168 g/mol. The minimum absolute atomic E-state index is 0.501. The second-order valence-corrected chi connectivity index (χ2v) is 2.54. The molecule has 0 aliphatic carbocycles. The molecule has 13 heavy (non-hydrogen) atoms. The Morgan fingerprint density at radius 3 is 3.08 bits per heavy atom. The van der Waals surface area contributed by atoms with Gasteiger partial charge in [0, 0.05) is 7.05 Å². The standard InChI is InChI=1S/C8H6N4O/c1-12-10-7-4-2-3-6(9-5-13)8(7)11-12/h2-4H,1H3. The normalized spacial score (nSPS) is 9.92. The quantitative estimate of drug-likeness (QED) is 0.477. The summed E-state index contributed by atoms with van der Waals surface area (Å²) in [7, 11) is 1.72. The van der Waals surface area contributed by atoms with Crippen LogP contribution in [0.4, 0.5) is 5.69 Å². The molecule has 0 saturated carbocycles. The van der Waals surface area contributed by atoms with Crippen LogP contribution in [0.3, 0.4) is 0 Å². The number of aliphatic imine (C=N–C) groups is 1. The zero-order valence-corrected chi connectivity index (χ0v) is 6.93. The lowest BCUT2D eigenvalue weighted by molar-refractivity contribution is 0.565. The van der Waals surface area contributed by atoms with Gasteiger partial charge in [-0.3, -0.25) is 0 Å². The average Bonchev–Trinajstić information content (AvgIpc) is 2.47. The van der Waals surface area contributed by atoms with Crippen molar-refractivity contribution in [2.45, 2.75) is 0 Å². The Labute approximate surface area is 73.7 Å². The topological polar surface area (TPSA) is 60.1 Å². The Bertz CT molecular complexity index is 496. The summed E-state index contributed by atoms with van der Waals surface area (Å²) in [5.41, 5.74) is 1.84. The van der Waals surface area contributed by atoms with Gasteiger partial charge < -0.3 is 0 Å². The largest absolute Gasteiger partial charge is 0.240 e. The molecule has 64 valence electrons. The summed E-state index contributed by atoms with van der Waals surface area (Å²) >= 11 is 0. The van der Waals surface area contributed by atoms with Crippen molar-refractivity contribution in [1.29, 1.82) is 0 Å². The van der Waals surface area contributed by atoms with Crippen LogP contribution >= 0.6 is 0 Å². The molecule has 2 rings (SSSR count). The molecule has 5 nitrogen and oxygen atoms in total. The van der Waals surface area contributed by atoms with E-state index in [0.717, 1.165) is 5.52 Å². The highest BCUT2D eigenvalue weighted by Gasteiger charge is 2.03. The van der Waals surface area contributed by atoms with E-state index in [0.29, 0.717) is 11.2 Å². The van der Waals surface area contributed by atoms with Crippen molar-refractivity contribution >= 4 is 22.8 Å². The van der Waals surface area contributed by atoms with Gasteiger partial charge in [-0.15, -0.1) is 0 Å². The van der Waals surface area contributed by atoms with Crippen LogP contribution < -0.4 is 0 Å². The van der Waals surface area contributed by atoms with Gasteiger partial charge in [-0.25, -0.2) is 4.79 Å². The number of nitrogens with zero attached hydrogens (tertiary/aromatic N) is 4. The highest BCUT2D eigenvalue weighted by Crippen LogP contribution is 2.21. The van der Waals surface area contributed by atoms with Crippen molar-refractivity contribution in [1.82, 2.24) is 15.0 Å². The fourth-order valence-corrected chi connectivity index (χ4v) is 1.17. The Kier molecular flexibility index (Phi) is 1.65. The fourth-order valence-electron chi connectivity index (χ4n) is 1.17. The number of hydrogen-bond donors (Lipinski definition) is 0. The molecule has 1 aromatic carbocycles. The van der Waals surface area contributed by atoms with Gasteiger partial charge in [-0.2, -0.15) is 20.0 Å². The predicted molar refractivity (Wildman–Crippen MR) is 46.3 cm³/mol. The highest BCUT2D eigenvalue weighted by atomic mass is 16.1. The molecule has 0 aliphatic rings. The number of aryl methyl sites for hydroxylation is 1. The molecule has 2 aromatic rings. The number of isocyanates is 1. The molecule has 0 fully saturated rings. The Morgan fingerprint density at radius 1 is 1.46 bits per heavy atom. The van der Waals surface area contributed by atoms with Crippen LogP contribution in [0.2, 0.25) is 0 Å². The molecule has 0 atom stereocenters. The molecular formula is C8H6N4O. The maximum Gasteiger partial charge on any atom is 0.240 e. The van der Waals surface area contributed by atoms with E-state index in [1.165, 1.54) is 10.9 Å². The van der Waals surface area contributed by atoms with E-state index in [1.807, 2.05) is 6.07 Å². The summed E-state index contributed by atoms with van der Waals surface area (Å²) in [5.74, 6) is 0. The van der Waals surface area contributed by atoms with E-state index in [1.54, 1.807) is 19.2 Å². The maximum absolute atomic E-state index is 10.1. The predicted octanol–water partition coefficient (Wildman–Crippen LogP) is 0.936. The summed E-state index contributed by atoms with van der Waals surface area (Å²) in [6.07, 6.45) is 1.48. The van der Waals surface area contributed by atoms with Crippen molar-refractivity contribution < 1.29 is 4.79 Å². The zero-order valence-electron chi connectivity index (χ0n) is 6.93. The monoisotopic (exact) mass is 174 g/mol. The smallest absolute Gasteiger partial charge is 0.211 e. The average molecular weight is 174 g/mol. The molecule has 0 N–H and O–H groups in total. The van der Waals surface area contributed by atoms with Gasteiger partial charge in [-0.05, 0) is 12.1 Å². The summed E-state index contributed by atoms with van der Waals surface area (Å²) in [6, 6.07) is 5.28. The van der Waals surface area contributed by atoms with Gasteiger partial charge in [0.1, 0.15) is 16.7 Å². The zero-order chi connectivity index (χ0) is 9.26. The molecule has 0 radical (unpaired) electrons. The third-order valence-electron chi connectivity index (χ3n) is 1.66. The van der Waals surface area contributed by atoms with Gasteiger partial charge in [0.15, 0.2) is 0 Å². The lowest BCUT2D eigenvalue weighted by atomic mass is 10.3. The lowest BCUT2D eigenvalue weighted by Crippen LogP contribution is -1.90. The maximum atomic E-state index is 10.1. The molecule has 0 aliphatic heterocycles. The van der Waals surface area contributed by atoms with E-state index >= 15 is 0 Å². The first kappa shape index (κ1) is 7.64. The van der Waals surface area contributed by atoms with Gasteiger partial charge in [0.05, 0.1) is 0 Å². The molecule has 0 saturated heterocycles. The van der Waals surface area contributed by atoms with E-state index in [9.17, 15) is 4.79 Å². The molecule has 0 bridgehead atoms. The SMILES string of the molecule is Cn1nc2cccc(N=C=O)c2n1. The number of hydrogen-bond acceptors (Lipinski definition) is 4. The Morgan fingerprint density at radius 2 is 2.31 bits per heavy atom. The van der Waals surface area contributed by atoms with Crippen LogP contribution in [0.1, 0.15) is 0 Å². The first-order valence-electron chi connectivity index (χ1n) is 3.69. The van der Waals surface area contributed by atoms with Crippen LogP contribution in [0.25, 0.3) is 11.0 Å². The van der Waals surface area contributed by atoms with E-state index in [4.69, 9.17) is 0 Å². The first-order valence-corrected chi connectivity index (χ1v) is 3.69. The lowest BCUT2D eigenvalue weighted by Gasteiger charge is -1.88. The second-order valence-electron chi connectivity index (χ2n) is 2.54. The van der Waals surface area contributed by atoms with E-state index in [-0.39, 0.29) is 0 Å². The molecule has 5 heteroatoms. The Balaban J connectivity index is 2.81. The highest BCUT2D eigenvalue weighted by molar-refractivity contribution is 5.86. The van der Waals surface area contributed by atoms with Crippen LogP contribution in [-0.4, -0.2) is 21.1 Å². The number of rotatable bonds is 1. The second kappa shape index (κ2) is 2.80. The number of carbonyl (C=O) groups excluding carboxylic acids is 1. The van der Waals surface area contributed by atoms with Crippen molar-refractivity contribution in [3.05, 3.63) is 18.2 Å². The summed E-state index contributed by atoms with van der Waals surface area (Å²) in [6.45, 7) is 0. The molecule has 0 amide bonds. The third kappa shape index (κ3) is 1.21. The minimum atomic E-state index is 0.501. The van der Waals surface area contributed by atoms with Crippen LogP contribution in [0.15, 0.2) is 23.2 Å². The molecule has 0 unspecified atom stereocenters. The van der Waals surface area contributed by atoms with Gasteiger partial charge in [-0.1, -0.05) is 6.07 Å². The van der Waals surface area contributed by atoms with Crippen molar-refractivity contribution in [2.24, 2.45) is 12.0 Å². The number of benzene rings is 1. The minimum Gasteiger partial charge on any atom is -0.211 e. The fraction of sp³-hybridized carbons (Fsp3) is 0.125. The number of aromatic nitrogens is 3. The van der Waals surface area contributed by atoms with Crippen LogP contribution in [0, 0.1) is 0 Å². The number of fused-ring (bicyclic) bond motifs is 1. The van der Waals surface area contributed by atoms with Gasteiger partial charge in [0.25, 0.3) is 0 Å². The summed E-state index contributed by atoms with van der Waals surface area (Å²) in [4.78, 5) is 15.0. The van der Waals surface area contributed by atoms with E-state index in [2.05, 4.69) is 15.2 Å². The van der Waals surface area contributed by atoms with Crippen LogP contribution in [-0.2, 0) is 11.8 Å². The van der Waals surface area contributed by atoms with Gasteiger partial charge >= 0.3 is 0 Å². The Hall–Kier alpha value is -2.00. The molecule has 1 aromatic heterocycles. The van der Waals surface area contributed by atoms with Crippen molar-refractivity contribution in [2.75, 3.05) is 0 Å². The first-order chi connectivity index (χ1) is 6.31.